The van der Waals surface area contributed by atoms with Crippen LogP contribution in [0, 0.1) is 0 Å². The molecule has 0 saturated carbocycles. The number of rotatable bonds is 2. The fourth-order valence-electron chi connectivity index (χ4n) is 2.11. The van der Waals surface area contributed by atoms with Crippen molar-refractivity contribution in [2.75, 3.05) is 38.1 Å². The summed E-state index contributed by atoms with van der Waals surface area (Å²) >= 11 is 0. The van der Waals surface area contributed by atoms with E-state index in [0.29, 0.717) is 25.1 Å². The van der Waals surface area contributed by atoms with Crippen molar-refractivity contribution in [1.29, 1.82) is 0 Å². The normalized spacial score (nSPS) is 17.6. The Kier molecular flexibility index (Phi) is 3.80. The molecule has 0 amide bonds. The minimum absolute atomic E-state index is 0.0590. The second-order valence-electron chi connectivity index (χ2n) is 4.72. The first-order valence-corrected chi connectivity index (χ1v) is 6.01. The molecule has 0 radical (unpaired) electrons. The summed E-state index contributed by atoms with van der Waals surface area (Å²) in [5, 5.41) is 0. The van der Waals surface area contributed by atoms with Crippen LogP contribution in [0.1, 0.15) is 15.9 Å². The van der Waals surface area contributed by atoms with Crippen molar-refractivity contribution < 1.29 is 18.0 Å². The molecule has 0 bridgehead atoms. The van der Waals surface area contributed by atoms with Gasteiger partial charge in [0.05, 0.1) is 5.56 Å². The number of alkyl halides is 3. The lowest BCUT2D eigenvalue weighted by Crippen LogP contribution is -2.44. The molecule has 0 atom stereocenters. The molecule has 1 aliphatic rings. The monoisotopic (exact) mass is 272 g/mol. The molecule has 3 nitrogen and oxygen atoms in total. The highest BCUT2D eigenvalue weighted by molar-refractivity contribution is 5.78. The number of carbonyl (C=O) groups is 1. The molecule has 0 aromatic heterocycles. The van der Waals surface area contributed by atoms with E-state index in [-0.39, 0.29) is 5.56 Å². The van der Waals surface area contributed by atoms with E-state index >= 15 is 0 Å². The molecule has 104 valence electrons. The van der Waals surface area contributed by atoms with Crippen molar-refractivity contribution in [3.05, 3.63) is 29.3 Å². The lowest BCUT2D eigenvalue weighted by atomic mass is 10.1. The van der Waals surface area contributed by atoms with Crippen LogP contribution in [0.3, 0.4) is 0 Å². The maximum absolute atomic E-state index is 12.8. The number of piperazine rings is 1. The number of benzene rings is 1. The second-order valence-corrected chi connectivity index (χ2v) is 4.72. The van der Waals surface area contributed by atoms with Gasteiger partial charge in [0, 0.05) is 37.4 Å². The van der Waals surface area contributed by atoms with Crippen molar-refractivity contribution in [2.45, 2.75) is 6.18 Å². The molecule has 6 heteroatoms. The topological polar surface area (TPSA) is 23.6 Å². The SMILES string of the molecule is CN1CCN(c2cc(C=O)cc(C(F)(F)F)c2)CC1. The van der Waals surface area contributed by atoms with Gasteiger partial charge in [0.2, 0.25) is 0 Å². The summed E-state index contributed by atoms with van der Waals surface area (Å²) in [4.78, 5) is 14.8. The first kappa shape index (κ1) is 13.9. The summed E-state index contributed by atoms with van der Waals surface area (Å²) in [6, 6.07) is 3.50. The van der Waals surface area contributed by atoms with E-state index in [4.69, 9.17) is 0 Å². The second kappa shape index (κ2) is 5.21. The van der Waals surface area contributed by atoms with Gasteiger partial charge >= 0.3 is 6.18 Å². The van der Waals surface area contributed by atoms with Crippen LogP contribution in [0.2, 0.25) is 0 Å². The lowest BCUT2D eigenvalue weighted by molar-refractivity contribution is -0.137. The smallest absolute Gasteiger partial charge is 0.369 e. The lowest BCUT2D eigenvalue weighted by Gasteiger charge is -2.34. The predicted octanol–water partition coefficient (Wildman–Crippen LogP) is 2.27. The van der Waals surface area contributed by atoms with Crippen LogP contribution in [0.15, 0.2) is 18.2 Å². The Labute approximate surface area is 109 Å². The number of aldehydes is 1. The van der Waals surface area contributed by atoms with E-state index in [0.717, 1.165) is 25.2 Å². The van der Waals surface area contributed by atoms with Crippen LogP contribution in [0.5, 0.6) is 0 Å². The number of nitrogens with zero attached hydrogens (tertiary/aromatic N) is 2. The quantitative estimate of drug-likeness (QED) is 0.772. The molecule has 1 heterocycles. The number of likely N-dealkylation sites (N-methyl/N-ethyl adjacent to an activating group) is 1. The fraction of sp³-hybridized carbons (Fsp3) is 0.462. The predicted molar refractivity (Wildman–Crippen MR) is 66.5 cm³/mol. The molecule has 0 spiro atoms. The van der Waals surface area contributed by atoms with E-state index in [1.165, 1.54) is 6.07 Å². The largest absolute Gasteiger partial charge is 0.416 e. The number of anilines is 1. The van der Waals surface area contributed by atoms with Gasteiger partial charge in [-0.05, 0) is 25.2 Å². The van der Waals surface area contributed by atoms with Gasteiger partial charge in [-0.1, -0.05) is 0 Å². The Hall–Kier alpha value is -1.56. The molecule has 1 aromatic carbocycles. The van der Waals surface area contributed by atoms with E-state index < -0.39 is 11.7 Å². The average Bonchev–Trinajstić information content (AvgIpc) is 2.38. The highest BCUT2D eigenvalue weighted by Crippen LogP contribution is 2.32. The minimum atomic E-state index is -4.43. The molecule has 0 unspecified atom stereocenters. The zero-order valence-corrected chi connectivity index (χ0v) is 10.6. The van der Waals surface area contributed by atoms with E-state index in [1.54, 1.807) is 0 Å². The Morgan fingerprint density at radius 1 is 1.11 bits per heavy atom. The third-order valence-electron chi connectivity index (χ3n) is 3.27. The molecule has 1 aliphatic heterocycles. The van der Waals surface area contributed by atoms with Crippen molar-refractivity contribution in [3.8, 4) is 0 Å². The molecule has 1 saturated heterocycles. The van der Waals surface area contributed by atoms with Crippen molar-refractivity contribution >= 4 is 12.0 Å². The Bertz CT molecular complexity index is 465. The highest BCUT2D eigenvalue weighted by atomic mass is 19.4. The van der Waals surface area contributed by atoms with Gasteiger partial charge in [0.15, 0.2) is 0 Å². The average molecular weight is 272 g/mol. The van der Waals surface area contributed by atoms with Crippen LogP contribution in [-0.2, 0) is 6.18 Å². The zero-order chi connectivity index (χ0) is 14.0. The van der Waals surface area contributed by atoms with E-state index in [9.17, 15) is 18.0 Å². The summed E-state index contributed by atoms with van der Waals surface area (Å²) in [5.74, 6) is 0. The Morgan fingerprint density at radius 3 is 2.26 bits per heavy atom. The highest BCUT2D eigenvalue weighted by Gasteiger charge is 2.31. The van der Waals surface area contributed by atoms with E-state index in [2.05, 4.69) is 4.90 Å². The number of hydrogen-bond acceptors (Lipinski definition) is 3. The molecule has 1 aromatic rings. The van der Waals surface area contributed by atoms with Crippen LogP contribution in [-0.4, -0.2) is 44.4 Å². The number of carbonyl (C=O) groups excluding carboxylic acids is 1. The van der Waals surface area contributed by atoms with Gasteiger partial charge in [-0.3, -0.25) is 4.79 Å². The van der Waals surface area contributed by atoms with Gasteiger partial charge in [0.1, 0.15) is 6.29 Å². The van der Waals surface area contributed by atoms with Crippen LogP contribution >= 0.6 is 0 Å². The summed E-state index contributed by atoms with van der Waals surface area (Å²) in [6.07, 6.45) is -3.98. The Morgan fingerprint density at radius 2 is 1.74 bits per heavy atom. The van der Waals surface area contributed by atoms with Gasteiger partial charge in [-0.2, -0.15) is 13.2 Å². The fourth-order valence-corrected chi connectivity index (χ4v) is 2.11. The molecule has 0 N–H and O–H groups in total. The third-order valence-corrected chi connectivity index (χ3v) is 3.27. The van der Waals surface area contributed by atoms with Crippen molar-refractivity contribution in [3.63, 3.8) is 0 Å². The summed E-state index contributed by atoms with van der Waals surface area (Å²) in [7, 11) is 1.97. The standard InChI is InChI=1S/C13H15F3N2O/c1-17-2-4-18(5-3-17)12-7-10(9-19)6-11(8-12)13(14,15)16/h6-9H,2-5H2,1H3. The molecule has 19 heavy (non-hydrogen) atoms. The maximum atomic E-state index is 12.8. The minimum Gasteiger partial charge on any atom is -0.369 e. The van der Waals surface area contributed by atoms with Gasteiger partial charge < -0.3 is 9.80 Å². The van der Waals surface area contributed by atoms with E-state index in [1.807, 2.05) is 11.9 Å². The van der Waals surface area contributed by atoms with Gasteiger partial charge in [-0.15, -0.1) is 0 Å². The molecule has 2 rings (SSSR count). The van der Waals surface area contributed by atoms with Crippen molar-refractivity contribution in [2.24, 2.45) is 0 Å². The molecule has 1 fully saturated rings. The first-order valence-electron chi connectivity index (χ1n) is 6.01. The van der Waals surface area contributed by atoms with Crippen molar-refractivity contribution in [1.82, 2.24) is 4.90 Å². The number of hydrogen-bond donors (Lipinski definition) is 0. The first-order chi connectivity index (χ1) is 8.90. The third kappa shape index (κ3) is 3.26. The Balaban J connectivity index is 2.32. The molecule has 0 aliphatic carbocycles. The maximum Gasteiger partial charge on any atom is 0.416 e. The zero-order valence-electron chi connectivity index (χ0n) is 10.6. The summed E-state index contributed by atoms with van der Waals surface area (Å²) in [5.41, 5.74) is -0.250. The molecular weight excluding hydrogens is 257 g/mol. The molecular formula is C13H15F3N2O. The van der Waals surface area contributed by atoms with Gasteiger partial charge in [-0.25, -0.2) is 0 Å². The summed E-state index contributed by atoms with van der Waals surface area (Å²) in [6.45, 7) is 2.92. The van der Waals surface area contributed by atoms with Crippen LogP contribution in [0.4, 0.5) is 18.9 Å². The van der Waals surface area contributed by atoms with Gasteiger partial charge in [0.25, 0.3) is 0 Å². The van der Waals surface area contributed by atoms with Crippen LogP contribution in [0.25, 0.3) is 0 Å². The van der Waals surface area contributed by atoms with Crippen LogP contribution < -0.4 is 4.90 Å². The summed E-state index contributed by atoms with van der Waals surface area (Å²) < 4.78 is 38.3. The number of halogens is 3.